The number of fused-ring (bicyclic) bond motifs is 1. The fraction of sp³-hybridized carbons (Fsp3) is 0.250. The van der Waals surface area contributed by atoms with Crippen LogP contribution >= 0.6 is 11.3 Å². The molecule has 0 aliphatic heterocycles. The monoisotopic (exact) mass is 220 g/mol. The van der Waals surface area contributed by atoms with Crippen molar-refractivity contribution in [3.8, 4) is 0 Å². The average Bonchev–Trinajstić information content (AvgIpc) is 2.63. The summed E-state index contributed by atoms with van der Waals surface area (Å²) < 4.78 is 6.41. The third-order valence-corrected chi connectivity index (χ3v) is 3.38. The molecule has 0 amide bonds. The lowest BCUT2D eigenvalue weighted by atomic mass is 10.1. The Morgan fingerprint density at radius 3 is 2.80 bits per heavy atom. The van der Waals surface area contributed by atoms with E-state index in [0.717, 1.165) is 10.9 Å². The van der Waals surface area contributed by atoms with Gasteiger partial charge in [0, 0.05) is 17.4 Å². The maximum Gasteiger partial charge on any atom is 0.163 e. The average molecular weight is 220 g/mol. The van der Waals surface area contributed by atoms with Crippen LogP contribution in [0.4, 0.5) is 0 Å². The lowest BCUT2D eigenvalue weighted by Gasteiger charge is -2.10. The van der Waals surface area contributed by atoms with E-state index in [1.54, 1.807) is 25.4 Å². The molecule has 2 nitrogen and oxygen atoms in total. The van der Waals surface area contributed by atoms with Crippen LogP contribution in [0.5, 0.6) is 0 Å². The predicted octanol–water partition coefficient (Wildman–Crippen LogP) is 3.18. The number of methoxy groups -OCH3 is 1. The molecule has 1 aromatic heterocycles. The van der Waals surface area contributed by atoms with Gasteiger partial charge in [0.1, 0.15) is 6.10 Å². The van der Waals surface area contributed by atoms with Crippen molar-refractivity contribution in [2.45, 2.75) is 13.0 Å². The molecule has 0 radical (unpaired) electrons. The zero-order valence-corrected chi connectivity index (χ0v) is 9.51. The second-order valence-electron chi connectivity index (χ2n) is 3.41. The van der Waals surface area contributed by atoms with Crippen LogP contribution in [0.25, 0.3) is 10.1 Å². The number of carbonyl (C=O) groups excluding carboxylic acids is 1. The third kappa shape index (κ3) is 1.80. The Balaban J connectivity index is 2.55. The van der Waals surface area contributed by atoms with Gasteiger partial charge < -0.3 is 4.74 Å². The van der Waals surface area contributed by atoms with Crippen LogP contribution in [0, 0.1) is 0 Å². The number of rotatable bonds is 3. The quantitative estimate of drug-likeness (QED) is 0.794. The van der Waals surface area contributed by atoms with Crippen molar-refractivity contribution in [2.24, 2.45) is 0 Å². The van der Waals surface area contributed by atoms with Crippen LogP contribution in [0.15, 0.2) is 29.6 Å². The molecule has 15 heavy (non-hydrogen) atoms. The van der Waals surface area contributed by atoms with Gasteiger partial charge in [-0.3, -0.25) is 4.79 Å². The summed E-state index contributed by atoms with van der Waals surface area (Å²) in [4.78, 5) is 11.4. The number of ketones is 1. The van der Waals surface area contributed by atoms with Crippen LogP contribution < -0.4 is 0 Å². The van der Waals surface area contributed by atoms with Gasteiger partial charge in [-0.25, -0.2) is 0 Å². The van der Waals surface area contributed by atoms with Crippen LogP contribution in [-0.2, 0) is 9.53 Å². The Bertz CT molecular complexity index is 487. The van der Waals surface area contributed by atoms with Crippen molar-refractivity contribution in [1.82, 2.24) is 0 Å². The first kappa shape index (κ1) is 10.3. The smallest absolute Gasteiger partial charge is 0.163 e. The number of ether oxygens (including phenoxy) is 1. The molecule has 0 bridgehead atoms. The summed E-state index contributed by atoms with van der Waals surface area (Å²) in [5.41, 5.74) is 0.977. The third-order valence-electron chi connectivity index (χ3n) is 2.40. The van der Waals surface area contributed by atoms with Crippen LogP contribution in [0.2, 0.25) is 0 Å². The van der Waals surface area contributed by atoms with E-state index in [1.807, 2.05) is 23.6 Å². The Kier molecular flexibility index (Phi) is 2.84. The summed E-state index contributed by atoms with van der Waals surface area (Å²) in [7, 11) is 1.57. The lowest BCUT2D eigenvalue weighted by molar-refractivity contribution is -0.126. The van der Waals surface area contributed by atoms with Gasteiger partial charge in [-0.2, -0.15) is 0 Å². The highest BCUT2D eigenvalue weighted by molar-refractivity contribution is 7.17. The number of hydrogen-bond acceptors (Lipinski definition) is 3. The minimum atomic E-state index is -0.429. The largest absolute Gasteiger partial charge is 0.369 e. The molecule has 0 saturated heterocycles. The van der Waals surface area contributed by atoms with Crippen molar-refractivity contribution in [3.63, 3.8) is 0 Å². The fourth-order valence-corrected chi connectivity index (χ4v) is 2.69. The topological polar surface area (TPSA) is 26.3 Å². The van der Waals surface area contributed by atoms with Gasteiger partial charge in [0.2, 0.25) is 0 Å². The van der Waals surface area contributed by atoms with E-state index in [2.05, 4.69) is 6.07 Å². The Morgan fingerprint density at radius 2 is 2.13 bits per heavy atom. The maximum absolute atomic E-state index is 11.4. The highest BCUT2D eigenvalue weighted by Gasteiger charge is 2.19. The van der Waals surface area contributed by atoms with E-state index in [0.29, 0.717) is 0 Å². The molecular formula is C12H12O2S. The fourth-order valence-electron chi connectivity index (χ4n) is 1.71. The highest BCUT2D eigenvalue weighted by Crippen LogP contribution is 2.31. The lowest BCUT2D eigenvalue weighted by Crippen LogP contribution is -2.10. The molecule has 1 heterocycles. The molecule has 0 fully saturated rings. The molecule has 78 valence electrons. The van der Waals surface area contributed by atoms with E-state index in [1.165, 1.54) is 4.70 Å². The summed E-state index contributed by atoms with van der Waals surface area (Å²) in [5, 5.41) is 3.12. The standard InChI is InChI=1S/C12H12O2S/c1-8(13)12(14-2)10-7-15-11-6-4-3-5-9(10)11/h3-7,12H,1-2H3. The van der Waals surface area contributed by atoms with Gasteiger partial charge in [-0.15, -0.1) is 11.3 Å². The zero-order valence-electron chi connectivity index (χ0n) is 8.69. The maximum atomic E-state index is 11.4. The van der Waals surface area contributed by atoms with Crippen molar-refractivity contribution in [2.75, 3.05) is 7.11 Å². The number of Topliss-reactive ketones (excluding diaryl/α,β-unsaturated/α-hetero) is 1. The molecule has 0 spiro atoms. The second kappa shape index (κ2) is 4.13. The molecule has 1 aromatic carbocycles. The van der Waals surface area contributed by atoms with E-state index in [4.69, 9.17) is 4.74 Å². The summed E-state index contributed by atoms with van der Waals surface area (Å²) in [5.74, 6) is 0.0426. The van der Waals surface area contributed by atoms with Crippen LogP contribution in [0.1, 0.15) is 18.6 Å². The SMILES string of the molecule is COC(C(C)=O)c1csc2ccccc12. The van der Waals surface area contributed by atoms with Crippen molar-refractivity contribution < 1.29 is 9.53 Å². The van der Waals surface area contributed by atoms with Gasteiger partial charge in [0.05, 0.1) is 0 Å². The molecule has 0 saturated carbocycles. The Morgan fingerprint density at radius 1 is 1.40 bits per heavy atom. The van der Waals surface area contributed by atoms with Crippen LogP contribution in [0.3, 0.4) is 0 Å². The van der Waals surface area contributed by atoms with Crippen molar-refractivity contribution >= 4 is 27.2 Å². The normalized spacial score (nSPS) is 12.9. The number of hydrogen-bond donors (Lipinski definition) is 0. The zero-order chi connectivity index (χ0) is 10.8. The summed E-state index contributed by atoms with van der Waals surface area (Å²) in [6, 6.07) is 8.05. The summed E-state index contributed by atoms with van der Waals surface area (Å²) in [6.45, 7) is 1.56. The van der Waals surface area contributed by atoms with Gasteiger partial charge in [-0.1, -0.05) is 18.2 Å². The molecule has 1 atom stereocenters. The van der Waals surface area contributed by atoms with Crippen molar-refractivity contribution in [1.29, 1.82) is 0 Å². The minimum absolute atomic E-state index is 0.0426. The first-order valence-corrected chi connectivity index (χ1v) is 5.61. The summed E-state index contributed by atoms with van der Waals surface area (Å²) >= 11 is 1.64. The molecule has 2 rings (SSSR count). The van der Waals surface area contributed by atoms with E-state index >= 15 is 0 Å². The minimum Gasteiger partial charge on any atom is -0.369 e. The van der Waals surface area contributed by atoms with Crippen LogP contribution in [-0.4, -0.2) is 12.9 Å². The molecule has 0 aliphatic carbocycles. The van der Waals surface area contributed by atoms with Gasteiger partial charge in [-0.05, 0) is 23.8 Å². The molecule has 0 aliphatic rings. The molecular weight excluding hydrogens is 208 g/mol. The van der Waals surface area contributed by atoms with E-state index in [9.17, 15) is 4.79 Å². The van der Waals surface area contributed by atoms with Gasteiger partial charge in [0.25, 0.3) is 0 Å². The number of carbonyl (C=O) groups is 1. The highest BCUT2D eigenvalue weighted by atomic mass is 32.1. The summed E-state index contributed by atoms with van der Waals surface area (Å²) in [6.07, 6.45) is -0.429. The first-order valence-electron chi connectivity index (χ1n) is 4.73. The molecule has 0 N–H and O–H groups in total. The molecule has 3 heteroatoms. The predicted molar refractivity (Wildman–Crippen MR) is 62.3 cm³/mol. The van der Waals surface area contributed by atoms with Crippen molar-refractivity contribution in [3.05, 3.63) is 35.2 Å². The second-order valence-corrected chi connectivity index (χ2v) is 4.32. The Labute approximate surface area is 92.5 Å². The molecule has 2 aromatic rings. The van der Waals surface area contributed by atoms with Gasteiger partial charge in [0.15, 0.2) is 5.78 Å². The molecule has 1 unspecified atom stereocenters. The van der Waals surface area contributed by atoms with E-state index in [-0.39, 0.29) is 5.78 Å². The first-order chi connectivity index (χ1) is 7.24. The van der Waals surface area contributed by atoms with E-state index < -0.39 is 6.10 Å². The van der Waals surface area contributed by atoms with Gasteiger partial charge >= 0.3 is 0 Å². The number of thiophene rings is 1. The Hall–Kier alpha value is -1.19. The number of benzene rings is 1.